The van der Waals surface area contributed by atoms with Gasteiger partial charge >= 0.3 is 5.97 Å². The van der Waals surface area contributed by atoms with Crippen LogP contribution in [-0.4, -0.2) is 52.8 Å². The van der Waals surface area contributed by atoms with Gasteiger partial charge in [0.05, 0.1) is 17.2 Å². The summed E-state index contributed by atoms with van der Waals surface area (Å²) in [6.07, 6.45) is 0.458. The Morgan fingerprint density at radius 2 is 1.52 bits per heavy atom. The fourth-order valence-corrected chi connectivity index (χ4v) is 5.00. The molecular weight excluding hydrogens is 537 g/mol. The number of imide groups is 1. The third kappa shape index (κ3) is 7.59. The number of carbonyl (C=O) groups is 4. The van der Waals surface area contributed by atoms with Crippen LogP contribution in [0.25, 0.3) is 10.8 Å². The average Bonchev–Trinajstić information content (AvgIpc) is 3.14. The number of rotatable bonds is 11. The van der Waals surface area contributed by atoms with Gasteiger partial charge in [-0.05, 0) is 80.1 Å². The lowest BCUT2D eigenvalue weighted by Crippen LogP contribution is -2.53. The van der Waals surface area contributed by atoms with E-state index in [1.54, 1.807) is 45.0 Å². The van der Waals surface area contributed by atoms with E-state index in [-0.39, 0.29) is 31.3 Å². The van der Waals surface area contributed by atoms with Gasteiger partial charge in [0.2, 0.25) is 5.91 Å². The number of hydrogen-bond acceptors (Lipinski definition) is 6. The summed E-state index contributed by atoms with van der Waals surface area (Å²) in [6.45, 7) is 9.22. The number of halogens is 1. The summed E-state index contributed by atoms with van der Waals surface area (Å²) in [4.78, 5) is 54.3. The van der Waals surface area contributed by atoms with E-state index in [1.807, 2.05) is 38.1 Å². The number of nitrogens with zero attached hydrogens (tertiary/aromatic N) is 1. The third-order valence-corrected chi connectivity index (χ3v) is 6.95. The van der Waals surface area contributed by atoms with Gasteiger partial charge < -0.3 is 10.1 Å². The van der Waals surface area contributed by atoms with Crippen LogP contribution in [0.2, 0.25) is 0 Å². The topological polar surface area (TPSA) is 105 Å². The highest BCUT2D eigenvalue weighted by Gasteiger charge is 2.37. The van der Waals surface area contributed by atoms with Crippen molar-refractivity contribution in [3.8, 4) is 0 Å². The van der Waals surface area contributed by atoms with Crippen molar-refractivity contribution in [3.05, 3.63) is 83.2 Å². The van der Waals surface area contributed by atoms with Gasteiger partial charge in [-0.1, -0.05) is 50.2 Å². The first kappa shape index (κ1) is 30.8. The molecule has 3 aromatic carbocycles. The van der Waals surface area contributed by atoms with Crippen LogP contribution in [0.4, 0.5) is 4.39 Å². The molecule has 0 aliphatic carbocycles. The summed E-state index contributed by atoms with van der Waals surface area (Å²) in [5, 5.41) is 7.68. The number of hydrogen-bond donors (Lipinski definition) is 2. The van der Waals surface area contributed by atoms with E-state index in [0.717, 1.165) is 15.7 Å². The van der Waals surface area contributed by atoms with Crippen LogP contribution < -0.4 is 10.6 Å². The second-order valence-electron chi connectivity index (χ2n) is 12.1. The van der Waals surface area contributed by atoms with Crippen molar-refractivity contribution in [1.29, 1.82) is 0 Å². The SMILES string of the molecule is CC(C)C[C@H](N[C@H](CCN1C(=O)c2cc3ccccc3cc2C1=O)C(=O)OC(C)(C)C)C(=O)NCc1cccc(F)c1. The van der Waals surface area contributed by atoms with Crippen LogP contribution >= 0.6 is 0 Å². The van der Waals surface area contributed by atoms with Crippen LogP contribution in [0.1, 0.15) is 73.7 Å². The molecule has 3 amide bonds. The predicted molar refractivity (Wildman–Crippen MR) is 158 cm³/mol. The molecule has 0 saturated heterocycles. The van der Waals surface area contributed by atoms with Crippen molar-refractivity contribution in [2.24, 2.45) is 5.92 Å². The second-order valence-corrected chi connectivity index (χ2v) is 12.1. The summed E-state index contributed by atoms with van der Waals surface area (Å²) in [5.41, 5.74) is 0.471. The highest BCUT2D eigenvalue weighted by molar-refractivity contribution is 6.23. The molecule has 3 aromatic rings. The van der Waals surface area contributed by atoms with Gasteiger partial charge in [0.25, 0.3) is 11.8 Å². The van der Waals surface area contributed by atoms with Gasteiger partial charge in [-0.25, -0.2) is 4.39 Å². The van der Waals surface area contributed by atoms with Crippen LogP contribution in [0.5, 0.6) is 0 Å². The molecule has 0 spiro atoms. The number of carbonyl (C=O) groups excluding carboxylic acids is 4. The van der Waals surface area contributed by atoms with E-state index in [9.17, 15) is 23.6 Å². The van der Waals surface area contributed by atoms with Crippen molar-refractivity contribution < 1.29 is 28.3 Å². The smallest absolute Gasteiger partial charge is 0.323 e. The molecule has 4 rings (SSSR count). The lowest BCUT2D eigenvalue weighted by molar-refractivity contribution is -0.158. The molecule has 0 bridgehead atoms. The van der Waals surface area contributed by atoms with Crippen LogP contribution in [0.15, 0.2) is 60.7 Å². The van der Waals surface area contributed by atoms with Gasteiger partial charge in [-0.3, -0.25) is 29.4 Å². The Bertz CT molecular complexity index is 1440. The lowest BCUT2D eigenvalue weighted by atomic mass is 10.0. The zero-order valence-corrected chi connectivity index (χ0v) is 24.7. The molecule has 0 radical (unpaired) electrons. The molecular formula is C33H38FN3O5. The van der Waals surface area contributed by atoms with Gasteiger partial charge in [0.1, 0.15) is 17.5 Å². The highest BCUT2D eigenvalue weighted by atomic mass is 19.1. The van der Waals surface area contributed by atoms with E-state index in [1.165, 1.54) is 12.1 Å². The molecule has 0 aromatic heterocycles. The Labute approximate surface area is 245 Å². The Morgan fingerprint density at radius 3 is 2.07 bits per heavy atom. The predicted octanol–water partition coefficient (Wildman–Crippen LogP) is 5.00. The normalized spacial score (nSPS) is 14.7. The zero-order chi connectivity index (χ0) is 30.6. The van der Waals surface area contributed by atoms with E-state index in [2.05, 4.69) is 10.6 Å². The van der Waals surface area contributed by atoms with Crippen LogP contribution in [0, 0.1) is 11.7 Å². The summed E-state index contributed by atoms with van der Waals surface area (Å²) in [5.74, 6) is -2.08. The Kier molecular flexibility index (Phi) is 9.41. The first-order valence-corrected chi connectivity index (χ1v) is 14.2. The molecule has 42 heavy (non-hydrogen) atoms. The van der Waals surface area contributed by atoms with Crippen LogP contribution in [-0.2, 0) is 20.9 Å². The van der Waals surface area contributed by atoms with E-state index in [4.69, 9.17) is 4.74 Å². The van der Waals surface area contributed by atoms with Gasteiger partial charge in [0.15, 0.2) is 0 Å². The fourth-order valence-electron chi connectivity index (χ4n) is 5.00. The van der Waals surface area contributed by atoms with Crippen molar-refractivity contribution in [3.63, 3.8) is 0 Å². The maximum absolute atomic E-state index is 13.6. The molecule has 1 aliphatic heterocycles. The molecule has 1 heterocycles. The quantitative estimate of drug-likeness (QED) is 0.246. The number of amides is 3. The molecule has 0 unspecified atom stereocenters. The average molecular weight is 576 g/mol. The highest BCUT2D eigenvalue weighted by Crippen LogP contribution is 2.28. The first-order chi connectivity index (χ1) is 19.8. The molecule has 0 saturated carbocycles. The summed E-state index contributed by atoms with van der Waals surface area (Å²) in [6, 6.07) is 15.1. The summed E-state index contributed by atoms with van der Waals surface area (Å²) < 4.78 is 19.3. The second kappa shape index (κ2) is 12.8. The minimum atomic E-state index is -0.976. The summed E-state index contributed by atoms with van der Waals surface area (Å²) >= 11 is 0. The molecule has 0 fully saturated rings. The van der Waals surface area contributed by atoms with Gasteiger partial charge in [-0.15, -0.1) is 0 Å². The standard InChI is InChI=1S/C33H38FN3O5/c1-20(2)15-28(29(38)35-19-21-9-8-12-24(34)16-21)36-27(32(41)42-33(3,4)5)13-14-37-30(39)25-17-22-10-6-7-11-23(22)18-26(25)31(37)40/h6-12,16-18,20,27-28,36H,13-15,19H2,1-5H3,(H,35,38)/t27-,28+/m1/s1. The minimum absolute atomic E-state index is 0.0427. The third-order valence-electron chi connectivity index (χ3n) is 6.95. The first-order valence-electron chi connectivity index (χ1n) is 14.2. The Balaban J connectivity index is 1.51. The Hall–Kier alpha value is -4.11. The number of benzene rings is 3. The number of fused-ring (bicyclic) bond motifs is 2. The summed E-state index contributed by atoms with van der Waals surface area (Å²) in [7, 11) is 0. The van der Waals surface area contributed by atoms with Crippen molar-refractivity contribution in [2.45, 2.75) is 71.7 Å². The molecule has 222 valence electrons. The zero-order valence-electron chi connectivity index (χ0n) is 24.7. The van der Waals surface area contributed by atoms with E-state index in [0.29, 0.717) is 23.1 Å². The lowest BCUT2D eigenvalue weighted by Gasteiger charge is -2.29. The number of ether oxygens (including phenoxy) is 1. The minimum Gasteiger partial charge on any atom is -0.459 e. The van der Waals surface area contributed by atoms with Crippen molar-refractivity contribution >= 4 is 34.5 Å². The molecule has 2 atom stereocenters. The Morgan fingerprint density at radius 1 is 0.905 bits per heavy atom. The number of esters is 1. The molecule has 2 N–H and O–H groups in total. The maximum atomic E-state index is 13.6. The van der Waals surface area contributed by atoms with Gasteiger partial charge in [-0.2, -0.15) is 0 Å². The van der Waals surface area contributed by atoms with E-state index >= 15 is 0 Å². The van der Waals surface area contributed by atoms with Crippen molar-refractivity contribution in [2.75, 3.05) is 6.54 Å². The number of nitrogens with one attached hydrogen (secondary N) is 2. The van der Waals surface area contributed by atoms with Crippen LogP contribution in [0.3, 0.4) is 0 Å². The molecule has 8 nitrogen and oxygen atoms in total. The fraction of sp³-hybridized carbons (Fsp3) is 0.394. The van der Waals surface area contributed by atoms with E-state index < -0.39 is 41.3 Å². The van der Waals surface area contributed by atoms with Crippen molar-refractivity contribution in [1.82, 2.24) is 15.5 Å². The molecule has 9 heteroatoms. The van der Waals surface area contributed by atoms with Gasteiger partial charge in [0, 0.05) is 13.1 Å². The molecule has 1 aliphatic rings. The largest absolute Gasteiger partial charge is 0.459 e. The maximum Gasteiger partial charge on any atom is 0.323 e. The monoisotopic (exact) mass is 575 g/mol.